The van der Waals surface area contributed by atoms with Gasteiger partial charge >= 0.3 is 0 Å². The van der Waals surface area contributed by atoms with Crippen molar-refractivity contribution in [3.05, 3.63) is 84.2 Å². The van der Waals surface area contributed by atoms with Gasteiger partial charge in [-0.25, -0.2) is 19.9 Å². The Kier molecular flexibility index (Phi) is 7.16. The molecular weight excluding hydrogens is 482 g/mol. The van der Waals surface area contributed by atoms with E-state index in [4.69, 9.17) is 4.98 Å². The Morgan fingerprint density at radius 1 is 0.973 bits per heavy atom. The van der Waals surface area contributed by atoms with Crippen LogP contribution in [0.4, 0.5) is 11.5 Å². The van der Waals surface area contributed by atoms with E-state index < -0.39 is 0 Å². The molecule has 9 heteroatoms. The largest absolute Gasteiger partial charge is 0.369 e. The minimum absolute atomic E-state index is 0.277. The number of benzene rings is 2. The number of nitrogens with one attached hydrogen (secondary N) is 2. The number of carbonyl (C=O) groups excluding carboxylic acids is 1. The third kappa shape index (κ3) is 5.79. The zero-order valence-corrected chi connectivity index (χ0v) is 21.7. The number of hydrogen-bond acceptors (Lipinski definition) is 8. The van der Waals surface area contributed by atoms with Crippen molar-refractivity contribution < 1.29 is 4.79 Å². The number of hydrogen-bond donors (Lipinski definition) is 2. The Hall–Kier alpha value is -4.21. The van der Waals surface area contributed by atoms with E-state index in [1.165, 1.54) is 11.3 Å². The summed E-state index contributed by atoms with van der Waals surface area (Å²) in [6, 6.07) is 21.1. The Labute approximate surface area is 219 Å². The summed E-state index contributed by atoms with van der Waals surface area (Å²) in [7, 11) is 4.02. The first kappa shape index (κ1) is 24.5. The van der Waals surface area contributed by atoms with Crippen LogP contribution in [0.1, 0.15) is 16.1 Å². The van der Waals surface area contributed by atoms with Gasteiger partial charge in [-0.15, -0.1) is 0 Å². The highest BCUT2D eigenvalue weighted by atomic mass is 32.1. The highest BCUT2D eigenvalue weighted by Gasteiger charge is 2.17. The van der Waals surface area contributed by atoms with E-state index >= 15 is 0 Å². The van der Waals surface area contributed by atoms with E-state index in [1.54, 1.807) is 12.3 Å². The second kappa shape index (κ2) is 10.8. The van der Waals surface area contributed by atoms with Crippen LogP contribution in [0.5, 0.6) is 0 Å². The summed E-state index contributed by atoms with van der Waals surface area (Å²) in [6.07, 6.45) is 1.75. The molecule has 37 heavy (non-hydrogen) atoms. The van der Waals surface area contributed by atoms with Crippen molar-refractivity contribution in [3.63, 3.8) is 0 Å². The molecule has 1 amide bonds. The molecule has 2 aromatic carbocycles. The van der Waals surface area contributed by atoms with Gasteiger partial charge in [0.05, 0.1) is 5.69 Å². The summed E-state index contributed by atoms with van der Waals surface area (Å²) in [6.45, 7) is 3.54. The molecule has 0 saturated heterocycles. The Morgan fingerprint density at radius 2 is 1.84 bits per heavy atom. The number of rotatable bonds is 8. The average molecular weight is 510 g/mol. The molecule has 2 N–H and O–H groups in total. The molecule has 0 aliphatic rings. The van der Waals surface area contributed by atoms with Crippen molar-refractivity contribution in [1.29, 1.82) is 0 Å². The molecule has 186 valence electrons. The van der Waals surface area contributed by atoms with Gasteiger partial charge in [0.15, 0.2) is 5.82 Å². The Bertz CT molecular complexity index is 1530. The number of thiazole rings is 1. The summed E-state index contributed by atoms with van der Waals surface area (Å²) in [5.74, 6) is 0.775. The second-order valence-electron chi connectivity index (χ2n) is 8.91. The number of amides is 1. The monoisotopic (exact) mass is 509 g/mol. The molecular formula is C28H27N7OS. The standard InChI is InChI=1S/C28H27N7OS/c1-18-8-6-9-19(16-18)25-31-23(17-24(34-25)29-14-15-35(2)3)26(36)32-21-11-5-4-10-20(21)27-33-22-12-7-13-30-28(22)37-27/h4-13,16-17H,14-15H2,1-3H3,(H,32,36)(H,29,31,34). The molecule has 0 bridgehead atoms. The van der Waals surface area contributed by atoms with Crippen LogP contribution in [-0.2, 0) is 0 Å². The lowest BCUT2D eigenvalue weighted by molar-refractivity contribution is 0.102. The fourth-order valence-corrected chi connectivity index (χ4v) is 4.77. The van der Waals surface area contributed by atoms with Crippen LogP contribution in [0.15, 0.2) is 72.9 Å². The minimum atomic E-state index is -0.321. The number of nitrogens with zero attached hydrogens (tertiary/aromatic N) is 5. The number of carbonyl (C=O) groups is 1. The van der Waals surface area contributed by atoms with Gasteiger partial charge in [0.2, 0.25) is 0 Å². The Balaban J connectivity index is 1.47. The number of anilines is 2. The molecule has 5 rings (SSSR count). The smallest absolute Gasteiger partial charge is 0.274 e. The summed E-state index contributed by atoms with van der Waals surface area (Å²) < 4.78 is 0. The van der Waals surface area contributed by atoms with Crippen molar-refractivity contribution in [2.24, 2.45) is 0 Å². The van der Waals surface area contributed by atoms with E-state index in [-0.39, 0.29) is 11.6 Å². The van der Waals surface area contributed by atoms with Crippen molar-refractivity contribution in [1.82, 2.24) is 24.8 Å². The summed E-state index contributed by atoms with van der Waals surface area (Å²) in [5, 5.41) is 7.16. The van der Waals surface area contributed by atoms with Gasteiger partial charge in [-0.3, -0.25) is 4.79 Å². The van der Waals surface area contributed by atoms with Crippen LogP contribution >= 0.6 is 11.3 Å². The SMILES string of the molecule is Cc1cccc(-c2nc(NCCN(C)C)cc(C(=O)Nc3ccccc3-c3nc4cccnc4s3)n2)c1. The van der Waals surface area contributed by atoms with Gasteiger partial charge < -0.3 is 15.5 Å². The molecule has 0 radical (unpaired) electrons. The number of aromatic nitrogens is 4. The third-order valence-electron chi connectivity index (χ3n) is 5.67. The lowest BCUT2D eigenvalue weighted by Crippen LogP contribution is -2.22. The summed E-state index contributed by atoms with van der Waals surface area (Å²) in [5.41, 5.74) is 4.54. The summed E-state index contributed by atoms with van der Waals surface area (Å²) in [4.78, 5) is 34.8. The normalized spacial score (nSPS) is 11.1. The van der Waals surface area contributed by atoms with Gasteiger partial charge in [-0.2, -0.15) is 0 Å². The van der Waals surface area contributed by atoms with Crippen LogP contribution in [-0.4, -0.2) is 57.9 Å². The number of para-hydroxylation sites is 1. The van der Waals surface area contributed by atoms with E-state index in [9.17, 15) is 4.79 Å². The molecule has 3 heterocycles. The predicted molar refractivity (Wildman–Crippen MR) is 150 cm³/mol. The maximum absolute atomic E-state index is 13.5. The molecule has 8 nitrogen and oxygen atoms in total. The van der Waals surface area contributed by atoms with Crippen molar-refractivity contribution in [2.45, 2.75) is 6.92 Å². The highest BCUT2D eigenvalue weighted by Crippen LogP contribution is 2.34. The topological polar surface area (TPSA) is 95.9 Å². The first-order valence-corrected chi connectivity index (χ1v) is 12.7. The summed E-state index contributed by atoms with van der Waals surface area (Å²) >= 11 is 1.49. The van der Waals surface area contributed by atoms with Crippen LogP contribution in [0.2, 0.25) is 0 Å². The van der Waals surface area contributed by atoms with Crippen LogP contribution in [0.25, 0.3) is 32.3 Å². The fraction of sp³-hybridized carbons (Fsp3) is 0.179. The second-order valence-corrected chi connectivity index (χ2v) is 9.89. The third-order valence-corrected chi connectivity index (χ3v) is 6.68. The number of fused-ring (bicyclic) bond motifs is 1. The maximum atomic E-state index is 13.5. The minimum Gasteiger partial charge on any atom is -0.369 e. The van der Waals surface area contributed by atoms with Gasteiger partial charge in [0.25, 0.3) is 5.91 Å². The van der Waals surface area contributed by atoms with E-state index in [0.717, 1.165) is 38.6 Å². The zero-order valence-electron chi connectivity index (χ0n) is 20.9. The molecule has 0 fully saturated rings. The molecule has 0 saturated carbocycles. The van der Waals surface area contributed by atoms with Crippen LogP contribution in [0, 0.1) is 6.92 Å². The lowest BCUT2D eigenvalue weighted by atomic mass is 10.1. The molecule has 3 aromatic heterocycles. The molecule has 0 unspecified atom stereocenters. The van der Waals surface area contributed by atoms with Crippen molar-refractivity contribution in [2.75, 3.05) is 37.8 Å². The molecule has 5 aromatic rings. The molecule has 0 aliphatic heterocycles. The van der Waals surface area contributed by atoms with Crippen molar-refractivity contribution in [3.8, 4) is 22.0 Å². The highest BCUT2D eigenvalue weighted by molar-refractivity contribution is 7.21. The first-order valence-electron chi connectivity index (χ1n) is 11.9. The van der Waals surface area contributed by atoms with Crippen molar-refractivity contribution >= 4 is 39.1 Å². The van der Waals surface area contributed by atoms with Crippen LogP contribution < -0.4 is 10.6 Å². The van der Waals surface area contributed by atoms with Gasteiger partial charge in [-0.05, 0) is 51.4 Å². The zero-order chi connectivity index (χ0) is 25.8. The van der Waals surface area contributed by atoms with Gasteiger partial charge in [0.1, 0.15) is 26.9 Å². The van der Waals surface area contributed by atoms with E-state index in [2.05, 4.69) is 30.5 Å². The molecule has 0 spiro atoms. The lowest BCUT2D eigenvalue weighted by Gasteiger charge is -2.14. The predicted octanol–water partition coefficient (Wildman–Crippen LogP) is 5.35. The maximum Gasteiger partial charge on any atom is 0.274 e. The van der Waals surface area contributed by atoms with Crippen LogP contribution in [0.3, 0.4) is 0 Å². The van der Waals surface area contributed by atoms with Gasteiger partial charge in [0, 0.05) is 36.5 Å². The van der Waals surface area contributed by atoms with E-state index in [0.29, 0.717) is 23.9 Å². The number of pyridine rings is 1. The van der Waals surface area contributed by atoms with E-state index in [1.807, 2.05) is 81.7 Å². The van der Waals surface area contributed by atoms with Gasteiger partial charge in [-0.1, -0.05) is 47.2 Å². The average Bonchev–Trinajstić information content (AvgIpc) is 3.33. The Morgan fingerprint density at radius 3 is 2.65 bits per heavy atom. The molecule has 0 aliphatic carbocycles. The first-order chi connectivity index (χ1) is 18.0. The number of likely N-dealkylation sites (N-methyl/N-ethyl adjacent to an activating group) is 1. The fourth-order valence-electron chi connectivity index (χ4n) is 3.82. The quantitative estimate of drug-likeness (QED) is 0.291. The number of aryl methyl sites for hydroxylation is 1. The molecule has 0 atom stereocenters.